The molecule has 0 aliphatic carbocycles. The molecule has 1 fully saturated rings. The second-order valence-electron chi connectivity index (χ2n) is 2.49. The van der Waals surface area contributed by atoms with Crippen LogP contribution in [0.1, 0.15) is 21.2 Å². The Hall–Kier alpha value is -1.59. The van der Waals surface area contributed by atoms with Crippen molar-refractivity contribution in [1.29, 1.82) is 0 Å². The van der Waals surface area contributed by atoms with Crippen molar-refractivity contribution >= 4 is 17.9 Å². The molecule has 0 aromatic heterocycles. The topological polar surface area (TPSA) is 75.7 Å². The van der Waals surface area contributed by atoms with Crippen molar-refractivity contribution in [1.82, 2.24) is 10.4 Å². The van der Waals surface area contributed by atoms with E-state index in [-0.39, 0.29) is 14.3 Å². The second-order valence-corrected chi connectivity index (χ2v) is 2.49. The van der Waals surface area contributed by atoms with Crippen molar-refractivity contribution in [2.45, 2.75) is 19.8 Å². The Bertz CT molecular complexity index is 240. The number of carbonyl (C=O) groups excluding carboxylic acids is 3. The molecule has 1 heterocycles. The van der Waals surface area contributed by atoms with E-state index < -0.39 is 17.9 Å². The molecule has 0 aromatic carbocycles. The quantitative estimate of drug-likeness (QED) is 0.621. The van der Waals surface area contributed by atoms with Gasteiger partial charge in [-0.3, -0.25) is 9.59 Å². The van der Waals surface area contributed by atoms with E-state index in [4.69, 9.17) is 0 Å². The van der Waals surface area contributed by atoms with Gasteiger partial charge in [-0.2, -0.15) is 0 Å². The predicted octanol–water partition coefficient (Wildman–Crippen LogP) is 0.0425. The van der Waals surface area contributed by atoms with E-state index in [1.807, 2.05) is 0 Å². The first-order chi connectivity index (χ1) is 6.15. The maximum absolute atomic E-state index is 10.9. The fraction of sp³-hybridized carbons (Fsp3) is 0.571. The molecule has 0 unspecified atom stereocenters. The van der Waals surface area contributed by atoms with Crippen molar-refractivity contribution in [3.63, 3.8) is 0 Å². The van der Waals surface area contributed by atoms with Crippen molar-refractivity contribution < 1.29 is 20.6 Å². The maximum Gasteiger partial charge on any atom is 0.432 e. The van der Waals surface area contributed by atoms with Crippen LogP contribution in [0.3, 0.4) is 0 Å². The number of hydrogen-bond donors (Lipinski definition) is 1. The van der Waals surface area contributed by atoms with Gasteiger partial charge >= 0.3 is 6.09 Å². The van der Waals surface area contributed by atoms with Crippen LogP contribution in [-0.4, -0.2) is 29.5 Å². The molecule has 3 amide bonds. The van der Waals surface area contributed by atoms with Gasteiger partial charge in [0, 0.05) is 20.8 Å². The Morgan fingerprint density at radius 3 is 2.54 bits per heavy atom. The lowest BCUT2D eigenvalue weighted by Crippen LogP contribution is -2.36. The molecule has 1 aliphatic heterocycles. The molecule has 0 radical (unpaired) electrons. The molecule has 0 saturated carbocycles. The van der Waals surface area contributed by atoms with Crippen LogP contribution in [0.25, 0.3) is 0 Å². The molecule has 13 heavy (non-hydrogen) atoms. The molecular weight excluding hydrogens is 176 g/mol. The number of hydrogen-bond acceptors (Lipinski definition) is 4. The summed E-state index contributed by atoms with van der Waals surface area (Å²) in [6, 6.07) is 0. The minimum absolute atomic E-state index is 0. The third kappa shape index (κ3) is 2.17. The van der Waals surface area contributed by atoms with Gasteiger partial charge in [-0.05, 0) is 6.92 Å². The maximum atomic E-state index is 10.9. The minimum atomic E-state index is -0.786. The standard InChI is InChI=1S/C7H10N2O4.H2/c1-2-8-7(12)13-9-5(10)3-4-6(9)11;/h2-4H2,1H3,(H,8,12);1H. The zero-order valence-corrected chi connectivity index (χ0v) is 7.20. The van der Waals surface area contributed by atoms with Gasteiger partial charge in [-0.1, -0.05) is 0 Å². The molecular formula is C7H12N2O4. The highest BCUT2D eigenvalue weighted by Crippen LogP contribution is 2.11. The van der Waals surface area contributed by atoms with Gasteiger partial charge in [0.05, 0.1) is 0 Å². The van der Waals surface area contributed by atoms with Gasteiger partial charge < -0.3 is 10.2 Å². The lowest BCUT2D eigenvalue weighted by atomic mass is 10.4. The first-order valence-corrected chi connectivity index (χ1v) is 3.96. The van der Waals surface area contributed by atoms with Gasteiger partial charge in [0.1, 0.15) is 0 Å². The minimum Gasteiger partial charge on any atom is -0.320 e. The van der Waals surface area contributed by atoms with Crippen molar-refractivity contribution in [3.8, 4) is 0 Å². The lowest BCUT2D eigenvalue weighted by Gasteiger charge is -2.11. The van der Waals surface area contributed by atoms with Gasteiger partial charge in [0.2, 0.25) is 0 Å². The van der Waals surface area contributed by atoms with E-state index in [1.165, 1.54) is 0 Å². The smallest absolute Gasteiger partial charge is 0.320 e. The number of rotatable bonds is 2. The molecule has 74 valence electrons. The van der Waals surface area contributed by atoms with Crippen LogP contribution >= 0.6 is 0 Å². The number of nitrogens with zero attached hydrogens (tertiary/aromatic N) is 1. The number of hydroxylamine groups is 2. The number of carbonyl (C=O) groups is 3. The SMILES string of the molecule is CCNC(=O)ON1C(=O)CCC1=O.[HH]. The van der Waals surface area contributed by atoms with Crippen molar-refractivity contribution in [2.24, 2.45) is 0 Å². The Morgan fingerprint density at radius 2 is 2.08 bits per heavy atom. The van der Waals surface area contributed by atoms with Crippen LogP contribution in [-0.2, 0) is 14.4 Å². The molecule has 1 rings (SSSR count). The van der Waals surface area contributed by atoms with Crippen LogP contribution in [0, 0.1) is 0 Å². The second kappa shape index (κ2) is 3.88. The summed E-state index contributed by atoms with van der Waals surface area (Å²) in [5.41, 5.74) is 0. The summed E-state index contributed by atoms with van der Waals surface area (Å²) in [7, 11) is 0. The molecule has 0 bridgehead atoms. The fourth-order valence-electron chi connectivity index (χ4n) is 0.917. The molecule has 0 atom stereocenters. The largest absolute Gasteiger partial charge is 0.432 e. The van der Waals surface area contributed by atoms with E-state index in [2.05, 4.69) is 10.2 Å². The summed E-state index contributed by atoms with van der Waals surface area (Å²) in [6.45, 7) is 2.09. The number of nitrogens with one attached hydrogen (secondary N) is 1. The normalized spacial score (nSPS) is 16.2. The number of imide groups is 1. The summed E-state index contributed by atoms with van der Waals surface area (Å²) >= 11 is 0. The van der Waals surface area contributed by atoms with Gasteiger partial charge in [0.25, 0.3) is 11.8 Å². The molecule has 1 N–H and O–H groups in total. The van der Waals surface area contributed by atoms with E-state index in [0.717, 1.165) is 0 Å². The highest BCUT2D eigenvalue weighted by Gasteiger charge is 2.32. The molecule has 0 aromatic rings. The fourth-order valence-corrected chi connectivity index (χ4v) is 0.917. The average molecular weight is 188 g/mol. The Kier molecular flexibility index (Phi) is 2.84. The van der Waals surface area contributed by atoms with Crippen LogP contribution in [0.2, 0.25) is 0 Å². The number of amides is 3. The zero-order valence-electron chi connectivity index (χ0n) is 7.20. The monoisotopic (exact) mass is 188 g/mol. The molecule has 1 aliphatic rings. The Morgan fingerprint density at radius 1 is 1.54 bits per heavy atom. The third-order valence-corrected chi connectivity index (χ3v) is 1.50. The van der Waals surface area contributed by atoms with E-state index >= 15 is 0 Å². The summed E-state index contributed by atoms with van der Waals surface area (Å²) in [5, 5.41) is 2.81. The summed E-state index contributed by atoms with van der Waals surface area (Å²) in [5.74, 6) is -0.951. The Balaban J connectivity index is 0.00000169. The van der Waals surface area contributed by atoms with Crippen molar-refractivity contribution in [2.75, 3.05) is 6.54 Å². The van der Waals surface area contributed by atoms with Crippen LogP contribution < -0.4 is 5.32 Å². The predicted molar refractivity (Wildman–Crippen MR) is 43.4 cm³/mol. The first kappa shape index (κ1) is 9.50. The van der Waals surface area contributed by atoms with Gasteiger partial charge in [0.15, 0.2) is 0 Å². The highest BCUT2D eigenvalue weighted by molar-refractivity contribution is 6.01. The summed E-state index contributed by atoms with van der Waals surface area (Å²) < 4.78 is 0. The van der Waals surface area contributed by atoms with Gasteiger partial charge in [-0.15, -0.1) is 5.06 Å². The third-order valence-electron chi connectivity index (χ3n) is 1.50. The van der Waals surface area contributed by atoms with Gasteiger partial charge in [-0.25, -0.2) is 4.79 Å². The summed E-state index contributed by atoms with van der Waals surface area (Å²) in [6.07, 6.45) is -0.567. The van der Waals surface area contributed by atoms with Crippen LogP contribution in [0.4, 0.5) is 4.79 Å². The molecule has 6 nitrogen and oxygen atoms in total. The molecule has 6 heteroatoms. The highest BCUT2D eigenvalue weighted by atomic mass is 16.7. The lowest BCUT2D eigenvalue weighted by molar-refractivity contribution is -0.171. The van der Waals surface area contributed by atoms with E-state index in [1.54, 1.807) is 6.92 Å². The first-order valence-electron chi connectivity index (χ1n) is 3.96. The van der Waals surface area contributed by atoms with E-state index in [9.17, 15) is 14.4 Å². The van der Waals surface area contributed by atoms with Crippen molar-refractivity contribution in [3.05, 3.63) is 0 Å². The average Bonchev–Trinajstić information content (AvgIpc) is 2.36. The van der Waals surface area contributed by atoms with Crippen LogP contribution in [0.15, 0.2) is 0 Å². The van der Waals surface area contributed by atoms with Crippen LogP contribution in [0.5, 0.6) is 0 Å². The summed E-state index contributed by atoms with van der Waals surface area (Å²) in [4.78, 5) is 37.1. The Labute approximate surface area is 76.3 Å². The zero-order chi connectivity index (χ0) is 9.84. The van der Waals surface area contributed by atoms with E-state index in [0.29, 0.717) is 11.6 Å². The molecule has 1 saturated heterocycles. The molecule has 0 spiro atoms.